The van der Waals surface area contributed by atoms with Gasteiger partial charge < -0.3 is 90.6 Å². The van der Waals surface area contributed by atoms with E-state index in [1.807, 2.05) is 57.4 Å². The molecule has 125 heavy (non-hydrogen) atoms. The molecule has 692 valence electrons. The highest BCUT2D eigenvalue weighted by Gasteiger charge is 2.45. The highest BCUT2D eigenvalue weighted by Crippen LogP contribution is 2.33. The van der Waals surface area contributed by atoms with Gasteiger partial charge in [-0.1, -0.05) is 99.1 Å². The Bertz CT molecular complexity index is 4230. The van der Waals surface area contributed by atoms with Crippen LogP contribution in [0, 0.1) is 29.6 Å². The lowest BCUT2D eigenvalue weighted by Crippen LogP contribution is -2.60. The molecule has 0 spiro atoms. The maximum atomic E-state index is 15.0. The van der Waals surface area contributed by atoms with Gasteiger partial charge in [0, 0.05) is 134 Å². The van der Waals surface area contributed by atoms with E-state index in [0.29, 0.717) is 82.5 Å². The number of hydrazine groups is 1. The lowest BCUT2D eigenvalue weighted by atomic mass is 9.89. The number of aryl methyl sites for hydroxylation is 1. The van der Waals surface area contributed by atoms with Gasteiger partial charge in [0.05, 0.1) is 82.1 Å². The van der Waals surface area contributed by atoms with Crippen molar-refractivity contribution >= 4 is 99.3 Å². The third-order valence-corrected chi connectivity index (χ3v) is 24.5. The molecule has 11 unspecified atom stereocenters. The summed E-state index contributed by atoms with van der Waals surface area (Å²) >= 11 is 1.48. The van der Waals surface area contributed by atoms with Crippen molar-refractivity contribution in [2.24, 2.45) is 35.3 Å². The first-order chi connectivity index (χ1) is 59.7. The fraction of sp³-hybridized carbons (Fsp3) is 0.640. The number of urea groups is 1. The number of methoxy groups -OCH3 is 2. The fourth-order valence-corrected chi connectivity index (χ4v) is 17.1. The molecule has 5 heterocycles. The lowest BCUT2D eigenvalue weighted by molar-refractivity contribution is -0.148. The molecular weight excluding hydrogens is 1630 g/mol. The lowest BCUT2D eigenvalue weighted by Gasteiger charge is -2.41. The van der Waals surface area contributed by atoms with E-state index >= 15 is 0 Å². The van der Waals surface area contributed by atoms with Crippen LogP contribution in [0.25, 0.3) is 11.0 Å². The second-order valence-electron chi connectivity index (χ2n) is 33.6. The predicted octanol–water partition coefficient (Wildman–Crippen LogP) is 7.45. The van der Waals surface area contributed by atoms with Gasteiger partial charge >= 0.3 is 18.1 Å². The number of carbonyl (C=O) groups excluding carboxylic acids is 11. The summed E-state index contributed by atoms with van der Waals surface area (Å²) in [4.78, 5) is 183. The van der Waals surface area contributed by atoms with Gasteiger partial charge in [0.1, 0.15) is 41.4 Å². The molecule has 7 rings (SSSR count). The number of nitrogens with zero attached hydrogens (tertiary/aromatic N) is 9. The van der Waals surface area contributed by atoms with Gasteiger partial charge in [0.2, 0.25) is 53.2 Å². The van der Waals surface area contributed by atoms with Crippen LogP contribution < -0.4 is 43.1 Å². The van der Waals surface area contributed by atoms with Gasteiger partial charge in [-0.25, -0.2) is 24.6 Å². The molecule has 2 fully saturated rings. The Morgan fingerprint density at radius 3 is 2.06 bits per heavy atom. The number of thiazole rings is 1. The van der Waals surface area contributed by atoms with E-state index in [1.165, 1.54) is 30.4 Å². The van der Waals surface area contributed by atoms with E-state index in [2.05, 4.69) is 76.2 Å². The van der Waals surface area contributed by atoms with E-state index < -0.39 is 120 Å². The number of carboxylic acid groups (broad SMARTS) is 1. The number of nitrogens with one attached hydrogen (secondary N) is 7. The van der Waals surface area contributed by atoms with Crippen LogP contribution in [-0.2, 0) is 91.3 Å². The van der Waals surface area contributed by atoms with Crippen molar-refractivity contribution in [1.29, 1.82) is 0 Å². The number of anilines is 1. The number of primary amides is 1. The number of nitrogens with two attached hydrogens (primary N) is 1. The van der Waals surface area contributed by atoms with Gasteiger partial charge in [0.25, 0.3) is 0 Å². The molecule has 3 aromatic heterocycles. The van der Waals surface area contributed by atoms with Crippen molar-refractivity contribution in [3.63, 3.8) is 0 Å². The van der Waals surface area contributed by atoms with Crippen molar-refractivity contribution in [2.75, 3.05) is 107 Å². The highest BCUT2D eigenvalue weighted by atomic mass is 32.1. The van der Waals surface area contributed by atoms with Crippen molar-refractivity contribution in [2.45, 2.75) is 239 Å². The normalized spacial score (nSPS) is 16.7. The number of aromatic nitrogens is 3. The average Bonchev–Trinajstić information content (AvgIpc) is 1.61. The predicted molar refractivity (Wildman–Crippen MR) is 473 cm³/mol. The molecule has 11 atom stereocenters. The number of pyridine rings is 1. The van der Waals surface area contributed by atoms with Gasteiger partial charge in [-0.05, 0) is 130 Å². The van der Waals surface area contributed by atoms with Crippen LogP contribution in [0.3, 0.4) is 0 Å². The van der Waals surface area contributed by atoms with E-state index in [-0.39, 0.29) is 133 Å². The molecular formula is C89H137N17O18S. The number of rotatable bonds is 52. The summed E-state index contributed by atoms with van der Waals surface area (Å²) in [6.45, 7) is 18.9. The van der Waals surface area contributed by atoms with E-state index in [0.717, 1.165) is 40.1 Å². The summed E-state index contributed by atoms with van der Waals surface area (Å²) in [5.74, 6) is -7.02. The number of carbonyl (C=O) groups is 12. The first-order valence-corrected chi connectivity index (χ1v) is 44.7. The van der Waals surface area contributed by atoms with E-state index in [9.17, 15) is 57.5 Å². The topological polar surface area (TPSA) is 432 Å². The number of benzene rings is 1. The molecule has 0 radical (unpaired) electrons. The number of aliphatic carboxylic acids is 1. The number of allylic oxidation sites excluding steroid dienone is 3. The van der Waals surface area contributed by atoms with Gasteiger partial charge in [-0.3, -0.25) is 58.3 Å². The Morgan fingerprint density at radius 1 is 0.728 bits per heavy atom. The molecule has 3 aliphatic rings. The maximum absolute atomic E-state index is 15.0. The maximum Gasteiger partial charge on any atom is 0.410 e. The zero-order valence-electron chi connectivity index (χ0n) is 75.7. The number of fused-ring (bicyclic) bond motifs is 1. The minimum Gasteiger partial charge on any atom is -0.481 e. The summed E-state index contributed by atoms with van der Waals surface area (Å²) in [6.07, 6.45) is 12.6. The molecule has 1 aromatic carbocycles. The van der Waals surface area contributed by atoms with Gasteiger partial charge in [-0.2, -0.15) is 0 Å². The zero-order valence-corrected chi connectivity index (χ0v) is 76.5. The van der Waals surface area contributed by atoms with Crippen LogP contribution >= 0.6 is 11.3 Å². The molecule has 0 bridgehead atoms. The second-order valence-corrected chi connectivity index (χ2v) is 34.6. The third kappa shape index (κ3) is 30.9. The third-order valence-electron chi connectivity index (χ3n) is 23.6. The quantitative estimate of drug-likeness (QED) is 0.0153. The van der Waals surface area contributed by atoms with Crippen LogP contribution in [0.2, 0.25) is 0 Å². The molecule has 1 aliphatic carbocycles. The highest BCUT2D eigenvalue weighted by molar-refractivity contribution is 7.09. The van der Waals surface area contributed by atoms with Crippen LogP contribution in [0.15, 0.2) is 84.0 Å². The van der Waals surface area contributed by atoms with Gasteiger partial charge in [0.15, 0.2) is 0 Å². The zero-order chi connectivity index (χ0) is 91.6. The molecule has 4 aromatic rings. The Kier molecular flexibility index (Phi) is 42.1. The number of hydrogen-bond acceptors (Lipinski definition) is 22. The molecule has 12 amide bonds. The van der Waals surface area contributed by atoms with Gasteiger partial charge in [-0.15, -0.1) is 11.3 Å². The number of amides is 12. The molecule has 35 nitrogen and oxygen atoms in total. The van der Waals surface area contributed by atoms with Crippen molar-refractivity contribution in [3.8, 4) is 0 Å². The molecule has 0 saturated carbocycles. The largest absolute Gasteiger partial charge is 0.481 e. The van der Waals surface area contributed by atoms with Crippen molar-refractivity contribution in [3.05, 3.63) is 100 Å². The first kappa shape index (κ1) is 102. The Balaban J connectivity index is 0.924. The smallest absolute Gasteiger partial charge is 0.410 e. The van der Waals surface area contributed by atoms with Crippen LogP contribution in [0.1, 0.15) is 181 Å². The number of carboxylic acids is 1. The monoisotopic (exact) mass is 1760 g/mol. The van der Waals surface area contributed by atoms with Crippen molar-refractivity contribution in [1.82, 2.24) is 76.1 Å². The number of piperidine rings is 1. The summed E-state index contributed by atoms with van der Waals surface area (Å²) < 4.78 is 31.3. The minimum absolute atomic E-state index is 0.0115. The molecule has 2 aliphatic heterocycles. The minimum atomic E-state index is -1.21. The number of ether oxygens (including phenoxy) is 5. The summed E-state index contributed by atoms with van der Waals surface area (Å²) in [5, 5.41) is 31.6. The Morgan fingerprint density at radius 2 is 1.44 bits per heavy atom. The average molecular weight is 1770 g/mol. The Labute approximate surface area is 739 Å². The number of likely N-dealkylation sites (N-methyl/N-ethyl adjacent to an activating group) is 2. The number of hydrogen-bond donors (Lipinski definition) is 9. The summed E-state index contributed by atoms with van der Waals surface area (Å²) in [5.41, 5.74) is 12.2. The van der Waals surface area contributed by atoms with Crippen molar-refractivity contribution < 1.29 is 86.3 Å². The van der Waals surface area contributed by atoms with Crippen LogP contribution in [0.5, 0.6) is 0 Å². The van der Waals surface area contributed by atoms with Crippen LogP contribution in [-0.4, -0.2) is 276 Å². The van der Waals surface area contributed by atoms with Crippen LogP contribution in [0.4, 0.5) is 15.3 Å². The molecule has 36 heteroatoms. The van der Waals surface area contributed by atoms with E-state index in [1.54, 1.807) is 112 Å². The molecule has 2 saturated heterocycles. The Hall–Kier alpha value is -9.98. The molecule has 10 N–H and O–H groups in total. The number of likely N-dealkylation sites (tertiary alicyclic amines) is 2. The SMILES string of the molecule is CCC(C)C(C(CC(=O)N1CCCC1C(OC)C(C)C(=O)NC(CC1=CCCC=C1)c1nccs1)OC)N(C)C(=O)C(NC(=O)C(C(C)C)N(C)C(=O)OCc1ccc(NC(=O)C(CCCNC(N)=O)NC(=O)C(NC(=O)CCC(=O)N(CCOCCOCCC(=O)O)C2CCN(C(=O)CCn3c(CN(C)NC)cc4cccnc43)CC2)C(C)C)cc1)C(C)C. The fourth-order valence-electron chi connectivity index (χ4n) is 16.4. The first-order valence-electron chi connectivity index (χ1n) is 43.9. The van der Waals surface area contributed by atoms with E-state index in [4.69, 9.17) is 34.5 Å². The standard InChI is InChI=1S/C89H137N17O18S/c1-16-59(8)79(70(120-14)53-74(110)106-41-22-27-69(106)80(121-15)60(9)82(113)97-68(86-93-40-50-125-86)51-61-23-18-17-19-24-61)101(12)87(117)77(57(4)5)99-85(116)78(58(6)7)102(13)89(119)124-55-62-28-30-64(31-29-62)95-83(114)67(26-21-39-94-88(90)118)96-84(115)76(56(2)3)98-71(107)32-33-73(109)104(45-47-123-49-48-122-46-37-75(111)112)65-34-42-103(43-35-65)72(108)36-44-105-66(54-100(11)91-10)52-63-25-20-38-92-81(63)105/h18,20,23-25,28-31,38,40,50,52,56-60,65,67-70,76-80,91H,16-17,19,21-22,26-27,32-37,39,41-49,51,53-55H2,1-15H3,(H,95,114)(H,96,115)(H,97,113)(H,98,107)(H,99,116)(H,111,112)(H3,90,94,118). The summed E-state index contributed by atoms with van der Waals surface area (Å²) in [6, 6.07) is 5.21. The summed E-state index contributed by atoms with van der Waals surface area (Å²) in [7, 11) is 9.92. The second kappa shape index (κ2) is 51.6.